The minimum absolute atomic E-state index is 0.0109. The van der Waals surface area contributed by atoms with E-state index in [-0.39, 0.29) is 23.2 Å². The molecule has 0 saturated carbocycles. The van der Waals surface area contributed by atoms with E-state index in [1.54, 1.807) is 12.1 Å². The van der Waals surface area contributed by atoms with Crippen LogP contribution in [0.2, 0.25) is 0 Å². The molecule has 1 heterocycles. The SMILES string of the molecule is CON=C(C(=O)O)c1ccccc1Oc1nccc(OC(C)C(F)(F)F)n1. The fourth-order valence-corrected chi connectivity index (χ4v) is 1.83. The Hall–Kier alpha value is -3.37. The number of ether oxygens (including phenoxy) is 2. The number of benzene rings is 1. The van der Waals surface area contributed by atoms with E-state index in [2.05, 4.69) is 20.0 Å². The van der Waals surface area contributed by atoms with Gasteiger partial charge < -0.3 is 19.4 Å². The van der Waals surface area contributed by atoms with Gasteiger partial charge in [0.05, 0.1) is 5.56 Å². The predicted octanol–water partition coefficient (Wildman–Crippen LogP) is 3.03. The van der Waals surface area contributed by atoms with Gasteiger partial charge in [-0.15, -0.1) is 0 Å². The third-order valence-electron chi connectivity index (χ3n) is 3.09. The number of para-hydroxylation sites is 1. The molecule has 0 bridgehead atoms. The zero-order chi connectivity index (χ0) is 20.0. The number of carboxylic acid groups (broad SMARTS) is 1. The van der Waals surface area contributed by atoms with Crippen molar-refractivity contribution in [2.75, 3.05) is 7.11 Å². The van der Waals surface area contributed by atoms with Gasteiger partial charge in [-0.1, -0.05) is 17.3 Å². The number of aliphatic carboxylic acids is 1. The molecule has 0 saturated heterocycles. The van der Waals surface area contributed by atoms with E-state index in [0.29, 0.717) is 0 Å². The fourth-order valence-electron chi connectivity index (χ4n) is 1.83. The Kier molecular flexibility index (Phi) is 6.16. The van der Waals surface area contributed by atoms with Gasteiger partial charge in [0, 0.05) is 12.3 Å². The van der Waals surface area contributed by atoms with Crippen LogP contribution in [0.1, 0.15) is 12.5 Å². The second-order valence-corrected chi connectivity index (χ2v) is 5.00. The highest BCUT2D eigenvalue weighted by molar-refractivity contribution is 6.43. The molecule has 0 fully saturated rings. The molecule has 1 aromatic heterocycles. The van der Waals surface area contributed by atoms with Crippen molar-refractivity contribution in [1.82, 2.24) is 9.97 Å². The molecule has 1 N–H and O–H groups in total. The molecule has 0 radical (unpaired) electrons. The molecule has 0 aliphatic heterocycles. The zero-order valence-corrected chi connectivity index (χ0v) is 14.1. The van der Waals surface area contributed by atoms with Crippen LogP contribution < -0.4 is 9.47 Å². The van der Waals surface area contributed by atoms with Crippen LogP contribution in [0.3, 0.4) is 0 Å². The molecule has 11 heteroatoms. The Morgan fingerprint density at radius 2 is 1.96 bits per heavy atom. The van der Waals surface area contributed by atoms with Gasteiger partial charge in [-0.05, 0) is 19.1 Å². The van der Waals surface area contributed by atoms with Gasteiger partial charge in [0.2, 0.25) is 5.88 Å². The van der Waals surface area contributed by atoms with Crippen molar-refractivity contribution in [3.05, 3.63) is 42.1 Å². The summed E-state index contributed by atoms with van der Waals surface area (Å²) < 4.78 is 47.9. The van der Waals surface area contributed by atoms with Crippen LogP contribution in [0.5, 0.6) is 17.6 Å². The maximum absolute atomic E-state index is 12.6. The number of rotatable bonds is 7. The summed E-state index contributed by atoms with van der Waals surface area (Å²) in [5.41, 5.74) is -0.378. The number of oxime groups is 1. The number of hydrogen-bond donors (Lipinski definition) is 1. The molecule has 2 aromatic rings. The molecule has 0 aliphatic rings. The molecule has 144 valence electrons. The Balaban J connectivity index is 2.30. The normalized spacial score (nSPS) is 13.0. The number of aromatic nitrogens is 2. The van der Waals surface area contributed by atoms with Gasteiger partial charge in [-0.2, -0.15) is 18.2 Å². The summed E-state index contributed by atoms with van der Waals surface area (Å²) in [5, 5.41) is 12.7. The summed E-state index contributed by atoms with van der Waals surface area (Å²) in [6.07, 6.45) is -5.50. The molecule has 1 aromatic carbocycles. The lowest BCUT2D eigenvalue weighted by Gasteiger charge is -2.17. The molecule has 1 unspecified atom stereocenters. The monoisotopic (exact) mass is 385 g/mol. The van der Waals surface area contributed by atoms with Crippen molar-refractivity contribution >= 4 is 11.7 Å². The van der Waals surface area contributed by atoms with Crippen molar-refractivity contribution < 1.29 is 37.4 Å². The van der Waals surface area contributed by atoms with E-state index in [1.807, 2.05) is 0 Å². The Labute approximate surface area is 151 Å². The summed E-state index contributed by atoms with van der Waals surface area (Å²) >= 11 is 0. The van der Waals surface area contributed by atoms with Gasteiger partial charge in [0.15, 0.2) is 11.8 Å². The van der Waals surface area contributed by atoms with E-state index < -0.39 is 24.0 Å². The van der Waals surface area contributed by atoms with Gasteiger partial charge in [0.1, 0.15) is 12.9 Å². The quantitative estimate of drug-likeness (QED) is 0.577. The van der Waals surface area contributed by atoms with Crippen molar-refractivity contribution in [2.45, 2.75) is 19.2 Å². The highest BCUT2D eigenvalue weighted by Gasteiger charge is 2.38. The summed E-state index contributed by atoms with van der Waals surface area (Å²) in [5.74, 6) is -1.71. The number of halogens is 3. The number of carbonyl (C=O) groups is 1. The first-order valence-corrected chi connectivity index (χ1v) is 7.40. The van der Waals surface area contributed by atoms with Crippen molar-refractivity contribution in [2.24, 2.45) is 5.16 Å². The first-order valence-electron chi connectivity index (χ1n) is 7.40. The number of nitrogens with zero attached hydrogens (tertiary/aromatic N) is 3. The predicted molar refractivity (Wildman–Crippen MR) is 85.9 cm³/mol. The molecular weight excluding hydrogens is 371 g/mol. The maximum atomic E-state index is 12.6. The summed E-state index contributed by atoms with van der Waals surface area (Å²) in [4.78, 5) is 23.4. The van der Waals surface area contributed by atoms with Crippen molar-refractivity contribution in [3.63, 3.8) is 0 Å². The molecule has 1 atom stereocenters. The van der Waals surface area contributed by atoms with Gasteiger partial charge in [0.25, 0.3) is 0 Å². The lowest BCUT2D eigenvalue weighted by molar-refractivity contribution is -0.190. The first-order chi connectivity index (χ1) is 12.7. The fraction of sp³-hybridized carbons (Fsp3) is 0.250. The number of carboxylic acids is 1. The first kappa shape index (κ1) is 19.9. The summed E-state index contributed by atoms with van der Waals surface area (Å²) in [7, 11) is 1.18. The minimum atomic E-state index is -4.56. The van der Waals surface area contributed by atoms with E-state index in [0.717, 1.165) is 19.2 Å². The topological polar surface area (TPSA) is 103 Å². The Morgan fingerprint density at radius 3 is 2.59 bits per heavy atom. The molecule has 0 amide bonds. The maximum Gasteiger partial charge on any atom is 0.425 e. The second-order valence-electron chi connectivity index (χ2n) is 5.00. The van der Waals surface area contributed by atoms with Gasteiger partial charge >= 0.3 is 18.2 Å². The second kappa shape index (κ2) is 8.34. The van der Waals surface area contributed by atoms with Gasteiger partial charge in [-0.25, -0.2) is 9.78 Å². The van der Waals surface area contributed by atoms with Crippen LogP contribution in [0.15, 0.2) is 41.7 Å². The molecule has 27 heavy (non-hydrogen) atoms. The number of alkyl halides is 3. The van der Waals surface area contributed by atoms with Gasteiger partial charge in [-0.3, -0.25) is 0 Å². The highest BCUT2D eigenvalue weighted by atomic mass is 19.4. The zero-order valence-electron chi connectivity index (χ0n) is 14.1. The summed E-state index contributed by atoms with van der Waals surface area (Å²) in [6.45, 7) is 0.832. The average Bonchev–Trinajstić information content (AvgIpc) is 2.59. The number of hydrogen-bond acceptors (Lipinski definition) is 7. The molecular formula is C16H14F3N3O5. The molecule has 0 aliphatic carbocycles. The highest BCUT2D eigenvalue weighted by Crippen LogP contribution is 2.27. The molecule has 0 spiro atoms. The molecule has 8 nitrogen and oxygen atoms in total. The van der Waals surface area contributed by atoms with Crippen LogP contribution in [-0.2, 0) is 9.63 Å². The van der Waals surface area contributed by atoms with Crippen LogP contribution >= 0.6 is 0 Å². The largest absolute Gasteiger partial charge is 0.476 e. The standard InChI is InChI=1S/C16H14F3N3O5/c1-9(16(17,18)19)26-12-7-8-20-15(21-12)27-11-6-4-3-5-10(11)13(14(23)24)22-25-2/h3-9H,1-2H3,(H,23,24). The Morgan fingerprint density at radius 1 is 1.26 bits per heavy atom. The lowest BCUT2D eigenvalue weighted by atomic mass is 10.1. The smallest absolute Gasteiger partial charge is 0.425 e. The lowest BCUT2D eigenvalue weighted by Crippen LogP contribution is -2.31. The van der Waals surface area contributed by atoms with Crippen LogP contribution in [0.4, 0.5) is 13.2 Å². The van der Waals surface area contributed by atoms with Crippen LogP contribution in [0.25, 0.3) is 0 Å². The van der Waals surface area contributed by atoms with Crippen molar-refractivity contribution in [3.8, 4) is 17.6 Å². The Bertz CT molecular complexity index is 842. The van der Waals surface area contributed by atoms with E-state index in [1.165, 1.54) is 19.2 Å². The average molecular weight is 385 g/mol. The van der Waals surface area contributed by atoms with Crippen LogP contribution in [0, 0.1) is 0 Å². The molecule has 2 rings (SSSR count). The van der Waals surface area contributed by atoms with E-state index >= 15 is 0 Å². The van der Waals surface area contributed by atoms with Crippen LogP contribution in [-0.4, -0.2) is 46.1 Å². The summed E-state index contributed by atoms with van der Waals surface area (Å²) in [6, 6.07) is 6.72. The third kappa shape index (κ3) is 5.30. The third-order valence-corrected chi connectivity index (χ3v) is 3.09. The minimum Gasteiger partial charge on any atom is -0.476 e. The van der Waals surface area contributed by atoms with E-state index in [9.17, 15) is 23.1 Å². The van der Waals surface area contributed by atoms with E-state index in [4.69, 9.17) is 9.47 Å². The van der Waals surface area contributed by atoms with Crippen molar-refractivity contribution in [1.29, 1.82) is 0 Å².